The molecule has 4 nitrogen and oxygen atoms in total. The second-order valence-corrected chi connectivity index (χ2v) is 5.79. The number of alkyl halides is 2. The van der Waals surface area contributed by atoms with Gasteiger partial charge in [-0.25, -0.2) is 0 Å². The fourth-order valence-corrected chi connectivity index (χ4v) is 2.86. The molecule has 0 aromatic rings. The Hall–Kier alpha value is -0.100. The van der Waals surface area contributed by atoms with Gasteiger partial charge in [-0.1, -0.05) is 31.9 Å². The molecule has 1 aliphatic carbocycles. The van der Waals surface area contributed by atoms with Crippen molar-refractivity contribution in [3.63, 3.8) is 0 Å². The SMILES string of the molecule is COC(=O)C1(Br)CCC1(Br)C(=O)OC. The Bertz CT molecular complexity index is 253. The summed E-state index contributed by atoms with van der Waals surface area (Å²) in [4.78, 5) is 22.9. The van der Waals surface area contributed by atoms with Gasteiger partial charge in [0, 0.05) is 0 Å². The predicted octanol–water partition coefficient (Wildman–Crippen LogP) is 1.39. The third-order valence-electron chi connectivity index (χ3n) is 2.46. The van der Waals surface area contributed by atoms with Gasteiger partial charge in [0.1, 0.15) is 8.65 Å². The third kappa shape index (κ3) is 1.39. The van der Waals surface area contributed by atoms with Gasteiger partial charge < -0.3 is 9.47 Å². The lowest BCUT2D eigenvalue weighted by atomic mass is 9.73. The van der Waals surface area contributed by atoms with Crippen LogP contribution in [0.15, 0.2) is 0 Å². The van der Waals surface area contributed by atoms with Gasteiger partial charge >= 0.3 is 11.9 Å². The van der Waals surface area contributed by atoms with E-state index in [0.29, 0.717) is 12.8 Å². The van der Waals surface area contributed by atoms with Crippen LogP contribution in [-0.4, -0.2) is 34.8 Å². The summed E-state index contributed by atoms with van der Waals surface area (Å²) in [5.41, 5.74) is 0. The van der Waals surface area contributed by atoms with Crippen LogP contribution in [-0.2, 0) is 19.1 Å². The lowest BCUT2D eigenvalue weighted by molar-refractivity contribution is -0.157. The van der Waals surface area contributed by atoms with Crippen LogP contribution in [0.5, 0.6) is 0 Å². The molecular weight excluding hydrogens is 320 g/mol. The van der Waals surface area contributed by atoms with Crippen molar-refractivity contribution >= 4 is 43.8 Å². The molecule has 0 aromatic heterocycles. The summed E-state index contributed by atoms with van der Waals surface area (Å²) in [6.45, 7) is 0. The lowest BCUT2D eigenvalue weighted by Crippen LogP contribution is -2.64. The van der Waals surface area contributed by atoms with Crippen LogP contribution in [0.4, 0.5) is 0 Å². The van der Waals surface area contributed by atoms with E-state index in [1.54, 1.807) is 0 Å². The van der Waals surface area contributed by atoms with E-state index >= 15 is 0 Å². The zero-order valence-electron chi connectivity index (χ0n) is 7.80. The van der Waals surface area contributed by atoms with Crippen molar-refractivity contribution in [3.8, 4) is 0 Å². The van der Waals surface area contributed by atoms with Crippen LogP contribution < -0.4 is 0 Å². The smallest absolute Gasteiger partial charge is 0.324 e. The number of carbonyl (C=O) groups excluding carboxylic acids is 2. The number of hydrogen-bond acceptors (Lipinski definition) is 4. The van der Waals surface area contributed by atoms with E-state index in [1.165, 1.54) is 14.2 Å². The van der Waals surface area contributed by atoms with Crippen LogP contribution in [0, 0.1) is 0 Å². The average molecular weight is 330 g/mol. The summed E-state index contributed by atoms with van der Waals surface area (Å²) >= 11 is 6.47. The summed E-state index contributed by atoms with van der Waals surface area (Å²) in [6.07, 6.45) is 1.08. The second-order valence-electron chi connectivity index (χ2n) is 3.09. The molecule has 14 heavy (non-hydrogen) atoms. The molecule has 0 saturated heterocycles. The minimum Gasteiger partial charge on any atom is -0.468 e. The number of ether oxygens (including phenoxy) is 2. The van der Waals surface area contributed by atoms with E-state index in [9.17, 15) is 9.59 Å². The number of esters is 2. The van der Waals surface area contributed by atoms with Crippen LogP contribution in [0.2, 0.25) is 0 Å². The zero-order chi connectivity index (χ0) is 11.0. The highest BCUT2D eigenvalue weighted by Crippen LogP contribution is 2.55. The van der Waals surface area contributed by atoms with Crippen molar-refractivity contribution in [2.75, 3.05) is 14.2 Å². The fourth-order valence-electron chi connectivity index (χ4n) is 1.42. The maximum atomic E-state index is 11.4. The minimum absolute atomic E-state index is 0.467. The monoisotopic (exact) mass is 328 g/mol. The first-order chi connectivity index (χ1) is 6.42. The molecular formula is C8H10Br2O4. The van der Waals surface area contributed by atoms with Crippen LogP contribution in [0.1, 0.15) is 12.8 Å². The van der Waals surface area contributed by atoms with Gasteiger partial charge in [-0.05, 0) is 12.8 Å². The summed E-state index contributed by atoms with van der Waals surface area (Å²) in [5, 5.41) is 0. The molecule has 2 atom stereocenters. The molecule has 0 bridgehead atoms. The Balaban J connectivity index is 2.93. The highest BCUT2D eigenvalue weighted by molar-refractivity contribution is 9.13. The zero-order valence-corrected chi connectivity index (χ0v) is 11.0. The molecule has 1 aliphatic rings. The molecule has 0 heterocycles. The van der Waals surface area contributed by atoms with Gasteiger partial charge in [0.05, 0.1) is 14.2 Å². The average Bonchev–Trinajstić information content (AvgIpc) is 2.22. The number of methoxy groups -OCH3 is 2. The topological polar surface area (TPSA) is 52.6 Å². The van der Waals surface area contributed by atoms with E-state index in [-0.39, 0.29) is 0 Å². The summed E-state index contributed by atoms with van der Waals surface area (Å²) < 4.78 is 7.25. The van der Waals surface area contributed by atoms with Crippen molar-refractivity contribution in [1.29, 1.82) is 0 Å². The van der Waals surface area contributed by atoms with E-state index in [1.807, 2.05) is 0 Å². The van der Waals surface area contributed by atoms with Crippen LogP contribution in [0.25, 0.3) is 0 Å². The first kappa shape index (κ1) is 12.0. The van der Waals surface area contributed by atoms with Gasteiger partial charge in [0.15, 0.2) is 0 Å². The quantitative estimate of drug-likeness (QED) is 0.567. The Morgan fingerprint density at radius 2 is 1.29 bits per heavy atom. The summed E-state index contributed by atoms with van der Waals surface area (Å²) in [7, 11) is 2.57. The van der Waals surface area contributed by atoms with Gasteiger partial charge in [0.25, 0.3) is 0 Å². The number of carbonyl (C=O) groups is 2. The fraction of sp³-hybridized carbons (Fsp3) is 0.750. The lowest BCUT2D eigenvalue weighted by Gasteiger charge is -2.47. The van der Waals surface area contributed by atoms with E-state index in [4.69, 9.17) is 0 Å². The maximum Gasteiger partial charge on any atom is 0.324 e. The van der Waals surface area contributed by atoms with Crippen molar-refractivity contribution in [3.05, 3.63) is 0 Å². The predicted molar refractivity (Wildman–Crippen MR) is 56.6 cm³/mol. The van der Waals surface area contributed by atoms with Crippen molar-refractivity contribution in [2.24, 2.45) is 0 Å². The Kier molecular flexibility index (Phi) is 3.26. The third-order valence-corrected chi connectivity index (χ3v) is 5.79. The molecule has 0 aliphatic heterocycles. The minimum atomic E-state index is -0.998. The standard InChI is InChI=1S/C8H10Br2O4/c1-13-5(11)7(9)3-4-8(7,10)6(12)14-2/h3-4H2,1-2H3. The normalized spacial score (nSPS) is 35.7. The Morgan fingerprint density at radius 1 is 1.00 bits per heavy atom. The molecule has 0 spiro atoms. The molecule has 80 valence electrons. The van der Waals surface area contributed by atoms with Crippen molar-refractivity contribution < 1.29 is 19.1 Å². The van der Waals surface area contributed by atoms with Gasteiger partial charge in [-0.2, -0.15) is 0 Å². The molecule has 0 amide bonds. The highest BCUT2D eigenvalue weighted by Gasteiger charge is 2.67. The van der Waals surface area contributed by atoms with E-state index < -0.39 is 20.6 Å². The van der Waals surface area contributed by atoms with Crippen molar-refractivity contribution in [1.82, 2.24) is 0 Å². The molecule has 1 rings (SSSR count). The Labute approximate surface area is 98.6 Å². The first-order valence-corrected chi connectivity index (χ1v) is 5.55. The highest BCUT2D eigenvalue weighted by atomic mass is 79.9. The van der Waals surface area contributed by atoms with Gasteiger partial charge in [-0.15, -0.1) is 0 Å². The van der Waals surface area contributed by atoms with Crippen molar-refractivity contribution in [2.45, 2.75) is 21.5 Å². The largest absolute Gasteiger partial charge is 0.468 e. The number of hydrogen-bond donors (Lipinski definition) is 0. The number of halogens is 2. The van der Waals surface area contributed by atoms with Gasteiger partial charge in [0.2, 0.25) is 0 Å². The Morgan fingerprint density at radius 3 is 1.43 bits per heavy atom. The molecule has 0 aromatic carbocycles. The molecule has 1 saturated carbocycles. The van der Waals surface area contributed by atoms with E-state index in [0.717, 1.165) is 0 Å². The molecule has 1 fully saturated rings. The maximum absolute atomic E-state index is 11.4. The van der Waals surface area contributed by atoms with Crippen LogP contribution >= 0.6 is 31.9 Å². The molecule has 6 heteroatoms. The summed E-state index contributed by atoms with van der Waals surface area (Å²) in [5.74, 6) is -0.933. The number of rotatable bonds is 2. The summed E-state index contributed by atoms with van der Waals surface area (Å²) in [6, 6.07) is 0. The van der Waals surface area contributed by atoms with Gasteiger partial charge in [-0.3, -0.25) is 9.59 Å². The van der Waals surface area contributed by atoms with E-state index in [2.05, 4.69) is 41.3 Å². The molecule has 2 unspecified atom stereocenters. The second kappa shape index (κ2) is 3.81. The molecule has 0 radical (unpaired) electrons. The van der Waals surface area contributed by atoms with Crippen LogP contribution in [0.3, 0.4) is 0 Å². The molecule has 0 N–H and O–H groups in total. The first-order valence-electron chi connectivity index (χ1n) is 3.97.